The molecule has 251 valence electrons. The Hall–Kier alpha value is -5.02. The van der Waals surface area contributed by atoms with Gasteiger partial charge in [0.15, 0.2) is 7.28 Å². The number of nitrogens with zero attached hydrogens (tertiary/aromatic N) is 1. The van der Waals surface area contributed by atoms with Crippen LogP contribution in [0.2, 0.25) is 0 Å². The lowest BCUT2D eigenvalue weighted by Crippen LogP contribution is -2.38. The highest BCUT2D eigenvalue weighted by Gasteiger charge is 2.38. The summed E-state index contributed by atoms with van der Waals surface area (Å²) in [5.74, 6) is 0. The smallest absolute Gasteiger partial charge is 0.197 e. The fraction of sp³-hybridized carbons (Fsp3) is 0.250. The Morgan fingerprint density at radius 3 is 2.02 bits per heavy atom. The molecule has 7 aromatic rings. The summed E-state index contributed by atoms with van der Waals surface area (Å²) in [5.41, 5.74) is 20.7. The minimum absolute atomic E-state index is 0.0509. The standard InChI is InChI=1S/C48H46BN2/c1-28-24-35(33-15-11-13-17-40(33)50-31-21-18-29(19-22-31)46(2,3)4)44-45-43(28)36-25-30(47(5,6)7)20-23-41(36)51(45)42-26-34-32-14-10-12-16-37(32)48(8,9)38(34)27-39(42)49-44/h10-27,50H,1-9H3. The molecule has 2 nitrogen and oxygen atoms in total. The van der Waals surface area contributed by atoms with Crippen LogP contribution in [0.5, 0.6) is 0 Å². The van der Waals surface area contributed by atoms with Crippen molar-refractivity contribution in [3.8, 4) is 27.9 Å². The number of aromatic nitrogens is 1. The van der Waals surface area contributed by atoms with Gasteiger partial charge >= 0.3 is 0 Å². The first kappa shape index (κ1) is 31.9. The molecule has 1 aliphatic carbocycles. The zero-order valence-electron chi connectivity index (χ0n) is 31.4. The lowest BCUT2D eigenvalue weighted by atomic mass is 9.58. The van der Waals surface area contributed by atoms with Crippen molar-refractivity contribution in [2.45, 2.75) is 78.6 Å². The van der Waals surface area contributed by atoms with Crippen LogP contribution in [0.1, 0.15) is 83.2 Å². The van der Waals surface area contributed by atoms with Crippen LogP contribution in [-0.2, 0) is 16.2 Å². The van der Waals surface area contributed by atoms with E-state index >= 15 is 0 Å². The van der Waals surface area contributed by atoms with Gasteiger partial charge in [0.2, 0.25) is 0 Å². The number of aryl methyl sites for hydroxylation is 1. The van der Waals surface area contributed by atoms with Gasteiger partial charge in [-0.25, -0.2) is 0 Å². The van der Waals surface area contributed by atoms with Gasteiger partial charge < -0.3 is 9.88 Å². The lowest BCUT2D eigenvalue weighted by molar-refractivity contribution is 0.590. The number of nitrogens with one attached hydrogen (secondary N) is 1. The molecule has 0 unspecified atom stereocenters. The number of rotatable bonds is 3. The third kappa shape index (κ3) is 4.77. The Balaban J connectivity index is 1.30. The highest BCUT2D eigenvalue weighted by atomic mass is 15.0. The SMILES string of the molecule is Cc1cc(-c2ccccc2Nc2ccc(C(C)(C)C)cc2)c2c3c1c1cc(C(C)(C)C)ccc1n3-c1cc3c(cc1[B]2)C(C)(C)c1ccccc1-3. The first-order valence-corrected chi connectivity index (χ1v) is 18.4. The number of benzene rings is 6. The van der Waals surface area contributed by atoms with Crippen molar-refractivity contribution >= 4 is 51.4 Å². The van der Waals surface area contributed by atoms with E-state index in [-0.39, 0.29) is 16.2 Å². The molecular weight excluding hydrogens is 615 g/mol. The molecule has 0 saturated heterocycles. The highest BCUT2D eigenvalue weighted by Crippen LogP contribution is 2.50. The largest absolute Gasteiger partial charge is 0.355 e. The van der Waals surface area contributed by atoms with Crippen molar-refractivity contribution in [1.29, 1.82) is 0 Å². The van der Waals surface area contributed by atoms with Crippen LogP contribution in [-0.4, -0.2) is 11.8 Å². The average Bonchev–Trinajstić information content (AvgIpc) is 3.55. The van der Waals surface area contributed by atoms with E-state index in [1.165, 1.54) is 88.5 Å². The van der Waals surface area contributed by atoms with E-state index in [1.807, 2.05) is 0 Å². The summed E-state index contributed by atoms with van der Waals surface area (Å²) >= 11 is 0. The van der Waals surface area contributed by atoms with E-state index in [4.69, 9.17) is 0 Å². The first-order chi connectivity index (χ1) is 24.2. The van der Waals surface area contributed by atoms with Gasteiger partial charge in [0.25, 0.3) is 0 Å². The minimum Gasteiger partial charge on any atom is -0.355 e. The van der Waals surface area contributed by atoms with Gasteiger partial charge in [0.05, 0.1) is 5.52 Å². The van der Waals surface area contributed by atoms with Crippen LogP contribution in [0, 0.1) is 6.92 Å². The third-order valence-electron chi connectivity index (χ3n) is 11.7. The molecule has 1 N–H and O–H groups in total. The molecule has 1 aliphatic heterocycles. The van der Waals surface area contributed by atoms with E-state index in [9.17, 15) is 0 Å². The summed E-state index contributed by atoms with van der Waals surface area (Å²) in [5, 5.41) is 6.48. The number of anilines is 2. The Bertz CT molecular complexity index is 2570. The third-order valence-corrected chi connectivity index (χ3v) is 11.7. The van der Waals surface area contributed by atoms with Crippen molar-refractivity contribution in [3.63, 3.8) is 0 Å². The molecule has 1 aromatic heterocycles. The van der Waals surface area contributed by atoms with Crippen LogP contribution in [0.3, 0.4) is 0 Å². The zero-order chi connectivity index (χ0) is 35.6. The summed E-state index contributed by atoms with van der Waals surface area (Å²) in [6, 6.07) is 41.3. The van der Waals surface area contributed by atoms with E-state index < -0.39 is 0 Å². The molecule has 51 heavy (non-hydrogen) atoms. The number of fused-ring (bicyclic) bond motifs is 8. The summed E-state index contributed by atoms with van der Waals surface area (Å²) in [6.07, 6.45) is 0. The zero-order valence-corrected chi connectivity index (χ0v) is 31.4. The van der Waals surface area contributed by atoms with E-state index in [2.05, 4.69) is 189 Å². The Morgan fingerprint density at radius 1 is 0.627 bits per heavy atom. The van der Waals surface area contributed by atoms with E-state index in [0.717, 1.165) is 11.4 Å². The molecule has 0 fully saturated rings. The van der Waals surface area contributed by atoms with Crippen molar-refractivity contribution in [2.24, 2.45) is 0 Å². The Kier molecular flexibility index (Phi) is 6.73. The van der Waals surface area contributed by atoms with Crippen LogP contribution in [0.4, 0.5) is 11.4 Å². The number of para-hydroxylation sites is 1. The topological polar surface area (TPSA) is 17.0 Å². The fourth-order valence-electron chi connectivity index (χ4n) is 8.78. The highest BCUT2D eigenvalue weighted by molar-refractivity contribution is 6.73. The van der Waals surface area contributed by atoms with Gasteiger partial charge in [-0.1, -0.05) is 134 Å². The molecule has 6 aromatic carbocycles. The van der Waals surface area contributed by atoms with Gasteiger partial charge in [-0.15, -0.1) is 0 Å². The van der Waals surface area contributed by atoms with Crippen molar-refractivity contribution in [2.75, 3.05) is 5.32 Å². The van der Waals surface area contributed by atoms with Crippen molar-refractivity contribution < 1.29 is 0 Å². The second-order valence-electron chi connectivity index (χ2n) is 17.5. The van der Waals surface area contributed by atoms with Gasteiger partial charge in [0, 0.05) is 44.3 Å². The Morgan fingerprint density at radius 2 is 1.29 bits per heavy atom. The summed E-state index contributed by atoms with van der Waals surface area (Å²) < 4.78 is 2.58. The average molecular weight is 662 g/mol. The lowest BCUT2D eigenvalue weighted by Gasteiger charge is -2.27. The molecule has 1 radical (unpaired) electrons. The molecular formula is C48H46BN2. The molecule has 2 heterocycles. The summed E-state index contributed by atoms with van der Waals surface area (Å²) in [7, 11) is 2.48. The van der Waals surface area contributed by atoms with Crippen LogP contribution < -0.4 is 16.2 Å². The second kappa shape index (κ2) is 10.7. The van der Waals surface area contributed by atoms with Crippen molar-refractivity contribution in [3.05, 3.63) is 137 Å². The molecule has 3 heteroatoms. The molecule has 0 bridgehead atoms. The van der Waals surface area contributed by atoms with Crippen molar-refractivity contribution in [1.82, 2.24) is 4.57 Å². The maximum Gasteiger partial charge on any atom is 0.197 e. The summed E-state index contributed by atoms with van der Waals surface area (Å²) in [6.45, 7) is 20.8. The molecule has 0 saturated carbocycles. The first-order valence-electron chi connectivity index (χ1n) is 18.4. The van der Waals surface area contributed by atoms with Crippen LogP contribution in [0.25, 0.3) is 49.7 Å². The second-order valence-corrected chi connectivity index (χ2v) is 17.5. The fourth-order valence-corrected chi connectivity index (χ4v) is 8.78. The van der Waals surface area contributed by atoms with E-state index in [0.29, 0.717) is 0 Å². The van der Waals surface area contributed by atoms with Crippen LogP contribution in [0.15, 0.2) is 109 Å². The number of hydrogen-bond donors (Lipinski definition) is 1. The maximum atomic E-state index is 3.81. The summed E-state index contributed by atoms with van der Waals surface area (Å²) in [4.78, 5) is 0. The molecule has 9 rings (SSSR count). The molecule has 0 spiro atoms. The minimum atomic E-state index is -0.0695. The van der Waals surface area contributed by atoms with E-state index in [1.54, 1.807) is 0 Å². The predicted molar refractivity (Wildman–Crippen MR) is 221 cm³/mol. The monoisotopic (exact) mass is 661 g/mol. The normalized spacial score (nSPS) is 14.3. The van der Waals surface area contributed by atoms with Gasteiger partial charge in [-0.2, -0.15) is 0 Å². The molecule has 2 aliphatic rings. The number of hydrogen-bond acceptors (Lipinski definition) is 1. The quantitative estimate of drug-likeness (QED) is 0.187. The maximum absolute atomic E-state index is 3.81. The van der Waals surface area contributed by atoms with Gasteiger partial charge in [-0.05, 0) is 104 Å². The molecule has 0 amide bonds. The molecule has 0 atom stereocenters. The van der Waals surface area contributed by atoms with Gasteiger partial charge in [-0.3, -0.25) is 0 Å². The Labute approximate surface area is 303 Å². The predicted octanol–water partition coefficient (Wildman–Crippen LogP) is 11.4. The van der Waals surface area contributed by atoms with Gasteiger partial charge in [0.1, 0.15) is 0 Å². The van der Waals surface area contributed by atoms with Crippen LogP contribution >= 0.6 is 0 Å².